The van der Waals surface area contributed by atoms with Gasteiger partial charge in [0.2, 0.25) is 5.91 Å². The SMILES string of the molecule is CCC[C@@H](C)[NH2+]CC(=O)N1CC(=O)Nc2ccccc21. The summed E-state index contributed by atoms with van der Waals surface area (Å²) in [5.74, 6) is -0.158. The van der Waals surface area contributed by atoms with Crippen molar-refractivity contribution in [3.05, 3.63) is 24.3 Å². The van der Waals surface area contributed by atoms with Crippen LogP contribution in [0.4, 0.5) is 11.4 Å². The summed E-state index contributed by atoms with van der Waals surface area (Å²) in [6.45, 7) is 4.74. The maximum Gasteiger partial charge on any atom is 0.282 e. The number of benzene rings is 1. The lowest BCUT2D eigenvalue weighted by atomic mass is 10.2. The van der Waals surface area contributed by atoms with E-state index in [1.807, 2.05) is 29.6 Å². The molecule has 3 N–H and O–H groups in total. The number of fused-ring (bicyclic) bond motifs is 1. The number of nitrogens with one attached hydrogen (secondary N) is 1. The Morgan fingerprint density at radius 3 is 2.95 bits per heavy atom. The predicted octanol–water partition coefficient (Wildman–Crippen LogP) is 0.724. The van der Waals surface area contributed by atoms with Gasteiger partial charge < -0.3 is 10.6 Å². The molecule has 0 unspecified atom stereocenters. The minimum absolute atomic E-state index is 0.0183. The Balaban J connectivity index is 2.05. The van der Waals surface area contributed by atoms with Crippen LogP contribution in [0.1, 0.15) is 26.7 Å². The number of nitrogens with two attached hydrogens (primary N) is 1. The van der Waals surface area contributed by atoms with E-state index in [1.165, 1.54) is 0 Å². The molecule has 0 saturated carbocycles. The van der Waals surface area contributed by atoms with Gasteiger partial charge in [0.25, 0.3) is 5.91 Å². The van der Waals surface area contributed by atoms with Gasteiger partial charge in [-0.2, -0.15) is 0 Å². The third kappa shape index (κ3) is 3.36. The number of anilines is 2. The summed E-state index contributed by atoms with van der Waals surface area (Å²) in [5.41, 5.74) is 1.49. The zero-order valence-electron chi connectivity index (χ0n) is 12.1. The van der Waals surface area contributed by atoms with Gasteiger partial charge in [-0.1, -0.05) is 25.5 Å². The van der Waals surface area contributed by atoms with Gasteiger partial charge in [0.1, 0.15) is 6.54 Å². The minimum atomic E-state index is -0.140. The number of carbonyl (C=O) groups excluding carboxylic acids is 2. The second kappa shape index (κ2) is 6.52. The Labute approximate surface area is 119 Å². The summed E-state index contributed by atoms with van der Waals surface area (Å²) >= 11 is 0. The van der Waals surface area contributed by atoms with Crippen LogP contribution in [-0.4, -0.2) is 30.9 Å². The fourth-order valence-corrected chi connectivity index (χ4v) is 2.44. The van der Waals surface area contributed by atoms with Gasteiger partial charge in [-0.15, -0.1) is 0 Å². The topological polar surface area (TPSA) is 66.0 Å². The molecule has 5 nitrogen and oxygen atoms in total. The standard InChI is InChI=1S/C15H21N3O2/c1-3-6-11(2)16-9-15(20)18-10-14(19)17-12-7-4-5-8-13(12)18/h4-5,7-8,11,16H,3,6,9-10H2,1-2H3,(H,17,19)/p+1/t11-/m1/s1. The number of rotatable bonds is 5. The summed E-state index contributed by atoms with van der Waals surface area (Å²) < 4.78 is 0. The van der Waals surface area contributed by atoms with E-state index >= 15 is 0 Å². The summed E-state index contributed by atoms with van der Waals surface area (Å²) in [5, 5.41) is 4.83. The predicted molar refractivity (Wildman–Crippen MR) is 78.6 cm³/mol. The Hall–Kier alpha value is -1.88. The van der Waals surface area contributed by atoms with Crippen LogP contribution in [0.15, 0.2) is 24.3 Å². The van der Waals surface area contributed by atoms with E-state index in [0.717, 1.165) is 18.5 Å². The summed E-state index contributed by atoms with van der Waals surface area (Å²) in [4.78, 5) is 25.6. The molecule has 0 aromatic heterocycles. The van der Waals surface area contributed by atoms with Crippen molar-refractivity contribution in [2.24, 2.45) is 0 Å². The highest BCUT2D eigenvalue weighted by atomic mass is 16.2. The molecule has 2 amide bonds. The van der Waals surface area contributed by atoms with E-state index in [2.05, 4.69) is 19.2 Å². The first-order valence-electron chi connectivity index (χ1n) is 7.14. The number of carbonyl (C=O) groups is 2. The second-order valence-corrected chi connectivity index (χ2v) is 5.25. The van der Waals surface area contributed by atoms with Crippen LogP contribution in [0.25, 0.3) is 0 Å². The van der Waals surface area contributed by atoms with Gasteiger partial charge in [-0.05, 0) is 25.5 Å². The largest absolute Gasteiger partial charge is 0.336 e. The molecule has 20 heavy (non-hydrogen) atoms. The van der Waals surface area contributed by atoms with Crippen LogP contribution in [0, 0.1) is 0 Å². The highest BCUT2D eigenvalue weighted by molar-refractivity contribution is 6.10. The third-order valence-electron chi connectivity index (χ3n) is 3.51. The number of nitrogens with zero attached hydrogens (tertiary/aromatic N) is 1. The van der Waals surface area contributed by atoms with Crippen LogP contribution < -0.4 is 15.5 Å². The normalized spacial score (nSPS) is 15.5. The van der Waals surface area contributed by atoms with E-state index in [4.69, 9.17) is 0 Å². The first-order valence-corrected chi connectivity index (χ1v) is 7.14. The van der Waals surface area contributed by atoms with E-state index in [1.54, 1.807) is 4.90 Å². The van der Waals surface area contributed by atoms with Crippen LogP contribution in [0.5, 0.6) is 0 Å². The summed E-state index contributed by atoms with van der Waals surface area (Å²) in [6, 6.07) is 7.83. The fraction of sp³-hybridized carbons (Fsp3) is 0.467. The van der Waals surface area contributed by atoms with Crippen molar-refractivity contribution < 1.29 is 14.9 Å². The molecule has 1 aliphatic heterocycles. The number of hydrogen-bond acceptors (Lipinski definition) is 2. The molecular formula is C15H22N3O2+. The molecule has 0 fully saturated rings. The van der Waals surface area contributed by atoms with Gasteiger partial charge in [-0.25, -0.2) is 0 Å². The molecule has 0 radical (unpaired) electrons. The zero-order chi connectivity index (χ0) is 14.5. The van der Waals surface area contributed by atoms with Crippen LogP contribution >= 0.6 is 0 Å². The van der Waals surface area contributed by atoms with Gasteiger partial charge >= 0.3 is 0 Å². The molecule has 1 atom stereocenters. The molecular weight excluding hydrogens is 254 g/mol. The first-order chi connectivity index (χ1) is 9.61. The zero-order valence-corrected chi connectivity index (χ0v) is 12.1. The van der Waals surface area contributed by atoms with Crippen molar-refractivity contribution in [1.29, 1.82) is 0 Å². The number of para-hydroxylation sites is 2. The molecule has 1 heterocycles. The second-order valence-electron chi connectivity index (χ2n) is 5.25. The van der Waals surface area contributed by atoms with Crippen molar-refractivity contribution in [3.63, 3.8) is 0 Å². The van der Waals surface area contributed by atoms with Crippen molar-refractivity contribution in [3.8, 4) is 0 Å². The van der Waals surface area contributed by atoms with Crippen LogP contribution in [-0.2, 0) is 9.59 Å². The Kier molecular flexibility index (Phi) is 4.74. The maximum absolute atomic E-state index is 12.3. The van der Waals surface area contributed by atoms with Gasteiger partial charge in [0.15, 0.2) is 6.54 Å². The smallest absolute Gasteiger partial charge is 0.282 e. The quantitative estimate of drug-likeness (QED) is 0.832. The Bertz CT molecular complexity index is 502. The maximum atomic E-state index is 12.3. The molecule has 108 valence electrons. The van der Waals surface area contributed by atoms with Crippen LogP contribution in [0.3, 0.4) is 0 Å². The van der Waals surface area contributed by atoms with Crippen molar-refractivity contribution >= 4 is 23.2 Å². The number of amides is 2. The van der Waals surface area contributed by atoms with Crippen molar-refractivity contribution in [2.45, 2.75) is 32.7 Å². The third-order valence-corrected chi connectivity index (χ3v) is 3.51. The molecule has 1 aromatic rings. The molecule has 1 aromatic carbocycles. The molecule has 2 rings (SSSR count). The lowest BCUT2D eigenvalue weighted by Crippen LogP contribution is -2.91. The number of hydrogen-bond donors (Lipinski definition) is 2. The molecule has 0 spiro atoms. The number of quaternary nitrogens is 1. The average molecular weight is 276 g/mol. The monoisotopic (exact) mass is 276 g/mol. The van der Waals surface area contributed by atoms with Gasteiger partial charge in [-0.3, -0.25) is 14.5 Å². The lowest BCUT2D eigenvalue weighted by molar-refractivity contribution is -0.676. The molecule has 0 aliphatic carbocycles. The fourth-order valence-electron chi connectivity index (χ4n) is 2.44. The highest BCUT2D eigenvalue weighted by Gasteiger charge is 2.27. The van der Waals surface area contributed by atoms with Gasteiger partial charge in [0, 0.05) is 0 Å². The minimum Gasteiger partial charge on any atom is -0.336 e. The van der Waals surface area contributed by atoms with Crippen molar-refractivity contribution in [1.82, 2.24) is 0 Å². The summed E-state index contributed by atoms with van der Waals surface area (Å²) in [6.07, 6.45) is 2.20. The Morgan fingerprint density at radius 1 is 1.45 bits per heavy atom. The average Bonchev–Trinajstić information content (AvgIpc) is 2.44. The van der Waals surface area contributed by atoms with E-state index < -0.39 is 0 Å². The molecule has 1 aliphatic rings. The molecule has 0 bridgehead atoms. The summed E-state index contributed by atoms with van der Waals surface area (Å²) in [7, 11) is 0. The van der Waals surface area contributed by atoms with E-state index in [0.29, 0.717) is 18.3 Å². The highest BCUT2D eigenvalue weighted by Crippen LogP contribution is 2.28. The van der Waals surface area contributed by atoms with Gasteiger partial charge in [0.05, 0.1) is 17.4 Å². The lowest BCUT2D eigenvalue weighted by Gasteiger charge is -2.28. The molecule has 5 heteroatoms. The first kappa shape index (κ1) is 14.5. The van der Waals surface area contributed by atoms with Crippen molar-refractivity contribution in [2.75, 3.05) is 23.3 Å². The van der Waals surface area contributed by atoms with Crippen LogP contribution in [0.2, 0.25) is 0 Å². The Morgan fingerprint density at radius 2 is 2.20 bits per heavy atom. The molecule has 0 saturated heterocycles. The van der Waals surface area contributed by atoms with E-state index in [-0.39, 0.29) is 18.4 Å². The van der Waals surface area contributed by atoms with E-state index in [9.17, 15) is 9.59 Å².